The average molecular weight is 423 g/mol. The van der Waals surface area contributed by atoms with E-state index >= 15 is 0 Å². The van der Waals surface area contributed by atoms with Crippen LogP contribution in [-0.4, -0.2) is 76.4 Å². The van der Waals surface area contributed by atoms with Crippen LogP contribution in [0.15, 0.2) is 0 Å². The minimum atomic E-state index is -1.98. The summed E-state index contributed by atoms with van der Waals surface area (Å²) in [4.78, 5) is 27.4. The van der Waals surface area contributed by atoms with E-state index in [-0.39, 0.29) is 18.4 Å². The Hall–Kier alpha value is -1.34. The van der Waals surface area contributed by atoms with Gasteiger partial charge in [-0.1, -0.05) is 26.7 Å². The molecule has 0 saturated heterocycles. The van der Waals surface area contributed by atoms with Gasteiger partial charge < -0.3 is 36.3 Å². The molecule has 0 radical (unpaired) electrons. The maximum Gasteiger partial charge on any atom is 0.251 e. The molecule has 0 bridgehead atoms. The van der Waals surface area contributed by atoms with Crippen molar-refractivity contribution in [1.82, 2.24) is 10.6 Å². The van der Waals surface area contributed by atoms with Gasteiger partial charge in [-0.2, -0.15) is 0 Å². The third-order valence-electron chi connectivity index (χ3n) is 4.45. The predicted octanol–water partition coefficient (Wildman–Crippen LogP) is -2.12. The second-order valence-electron chi connectivity index (χ2n) is 7.15. The number of carbonyl (C=O) groups is 2. The molecule has 0 fully saturated rings. The van der Waals surface area contributed by atoms with E-state index < -0.39 is 36.9 Å². The molecule has 11 nitrogen and oxygen atoms in total. The third kappa shape index (κ3) is 12.7. The molecule has 0 spiro atoms. The number of hydrogen-bond acceptors (Lipinski definition) is 9. The van der Waals surface area contributed by atoms with Crippen molar-refractivity contribution < 1.29 is 45.2 Å². The molecule has 0 aromatic carbocycles. The molecule has 11 heteroatoms. The van der Waals surface area contributed by atoms with Crippen LogP contribution in [0.3, 0.4) is 0 Å². The minimum Gasteiger partial charge on any atom is -0.692 e. The quantitative estimate of drug-likeness (QED) is 0.0866. The molecule has 0 aromatic rings. The fourth-order valence-corrected chi connectivity index (χ4v) is 2.55. The first kappa shape index (κ1) is 27.7. The largest absolute Gasteiger partial charge is 0.692 e. The molecule has 0 aliphatic heterocycles. The average Bonchev–Trinajstić information content (AvgIpc) is 2.71. The van der Waals surface area contributed by atoms with Crippen LogP contribution in [0.5, 0.6) is 0 Å². The number of unbranched alkanes of at least 4 members (excludes halogenated alkanes) is 2. The van der Waals surface area contributed by atoms with Crippen molar-refractivity contribution in [2.24, 2.45) is 5.92 Å². The van der Waals surface area contributed by atoms with Crippen LogP contribution >= 0.6 is 0 Å². The van der Waals surface area contributed by atoms with Crippen molar-refractivity contribution in [2.45, 2.75) is 76.8 Å². The Balaban J connectivity index is 4.02. The summed E-state index contributed by atoms with van der Waals surface area (Å²) in [6.45, 7) is 4.06. The lowest BCUT2D eigenvalue weighted by molar-refractivity contribution is -0.800. The van der Waals surface area contributed by atoms with Crippen LogP contribution in [0.25, 0.3) is 0 Å². The van der Waals surface area contributed by atoms with Gasteiger partial charge >= 0.3 is 0 Å². The molecule has 0 saturated carbocycles. The monoisotopic (exact) mass is 423 g/mol. The molecular weight excluding hydrogens is 388 g/mol. The number of rotatable bonds is 17. The van der Waals surface area contributed by atoms with Crippen molar-refractivity contribution in [3.8, 4) is 0 Å². The molecule has 2 amide bonds. The molecule has 0 aliphatic rings. The second kappa shape index (κ2) is 16.5. The number of aliphatic hydroxyl groups excluding tert-OH is 4. The normalized spacial score (nSPS) is 16.5. The van der Waals surface area contributed by atoms with E-state index in [1.165, 1.54) is 0 Å². The zero-order chi connectivity index (χ0) is 22.2. The Morgan fingerprint density at radius 2 is 1.72 bits per heavy atom. The zero-order valence-electron chi connectivity index (χ0n) is 17.1. The van der Waals surface area contributed by atoms with Crippen LogP contribution < -0.4 is 15.9 Å². The lowest BCUT2D eigenvalue weighted by Gasteiger charge is -2.25. The molecule has 0 aliphatic carbocycles. The maximum atomic E-state index is 11.8. The Bertz CT molecular complexity index is 453. The highest BCUT2D eigenvalue weighted by Gasteiger charge is 2.34. The van der Waals surface area contributed by atoms with E-state index in [1.807, 2.05) is 6.92 Å². The summed E-state index contributed by atoms with van der Waals surface area (Å²) in [5, 5.41) is 56.6. The van der Waals surface area contributed by atoms with Gasteiger partial charge in [0.15, 0.2) is 6.10 Å². The molecule has 172 valence electrons. The van der Waals surface area contributed by atoms with Gasteiger partial charge in [0.25, 0.3) is 5.91 Å². The lowest BCUT2D eigenvalue weighted by Crippen LogP contribution is -2.52. The number of hydrogen-bond donors (Lipinski definition) is 6. The van der Waals surface area contributed by atoms with Crippen LogP contribution in [0.1, 0.15) is 52.4 Å². The van der Waals surface area contributed by atoms with Gasteiger partial charge in [0.1, 0.15) is 24.9 Å². The van der Waals surface area contributed by atoms with Crippen LogP contribution in [0.2, 0.25) is 0 Å². The molecule has 29 heavy (non-hydrogen) atoms. The maximum absolute atomic E-state index is 11.8. The van der Waals surface area contributed by atoms with E-state index in [0.717, 1.165) is 25.7 Å². The molecular formula is C18H35N2O9-. The van der Waals surface area contributed by atoms with Gasteiger partial charge in [-0.15, -0.1) is 0 Å². The van der Waals surface area contributed by atoms with Crippen molar-refractivity contribution in [3.63, 3.8) is 0 Å². The number of nitrogens with one attached hydrogen (secondary N) is 2. The van der Waals surface area contributed by atoms with E-state index in [2.05, 4.69) is 27.5 Å². The summed E-state index contributed by atoms with van der Waals surface area (Å²) in [6.07, 6.45) is -2.83. The van der Waals surface area contributed by atoms with Gasteiger partial charge in [-0.05, 0) is 25.2 Å². The minimum absolute atomic E-state index is 0.0312. The van der Waals surface area contributed by atoms with E-state index in [4.69, 9.17) is 0 Å². The van der Waals surface area contributed by atoms with Crippen molar-refractivity contribution >= 4 is 11.8 Å². The van der Waals surface area contributed by atoms with Crippen molar-refractivity contribution in [1.29, 1.82) is 0 Å². The van der Waals surface area contributed by atoms with Gasteiger partial charge in [0, 0.05) is 19.5 Å². The molecule has 5 atom stereocenters. The predicted molar refractivity (Wildman–Crippen MR) is 99.6 cm³/mol. The summed E-state index contributed by atoms with van der Waals surface area (Å²) >= 11 is 0. The fraction of sp³-hybridized carbons (Fsp3) is 0.889. The van der Waals surface area contributed by atoms with Crippen LogP contribution in [0, 0.1) is 5.92 Å². The summed E-state index contributed by atoms with van der Waals surface area (Å²) in [6, 6.07) is 0. The number of aliphatic hydroxyl groups is 4. The van der Waals surface area contributed by atoms with E-state index in [0.29, 0.717) is 19.4 Å². The highest BCUT2D eigenvalue weighted by atomic mass is 17.5. The first-order chi connectivity index (χ1) is 13.7. The summed E-state index contributed by atoms with van der Waals surface area (Å²) < 4.78 is 0. The molecule has 0 rings (SSSR count). The third-order valence-corrected chi connectivity index (χ3v) is 4.45. The highest BCUT2D eigenvalue weighted by Crippen LogP contribution is 2.07. The van der Waals surface area contributed by atoms with Gasteiger partial charge in [-0.25, -0.2) is 4.89 Å². The van der Waals surface area contributed by atoms with Crippen molar-refractivity contribution in [2.75, 3.05) is 19.7 Å². The number of amides is 2. The SMILES string of the molecule is CCCCCC(=O)NC[C@H](C)CCCNC(=O)[C@H](O)[C@@H](O)[C@H](O)[C@H](O)COO[O-]. The molecule has 0 unspecified atom stereocenters. The highest BCUT2D eigenvalue weighted by molar-refractivity contribution is 5.81. The van der Waals surface area contributed by atoms with Gasteiger partial charge in [0.2, 0.25) is 5.91 Å². The van der Waals surface area contributed by atoms with Crippen LogP contribution in [0.4, 0.5) is 0 Å². The Labute approximate surface area is 170 Å². The zero-order valence-corrected chi connectivity index (χ0v) is 17.1. The Kier molecular flexibility index (Phi) is 15.7. The smallest absolute Gasteiger partial charge is 0.251 e. The molecule has 6 N–H and O–H groups in total. The second-order valence-corrected chi connectivity index (χ2v) is 7.15. The first-order valence-corrected chi connectivity index (χ1v) is 9.92. The topological polar surface area (TPSA) is 181 Å². The van der Waals surface area contributed by atoms with E-state index in [9.17, 15) is 35.3 Å². The molecule has 0 heterocycles. The van der Waals surface area contributed by atoms with Gasteiger partial charge in [-0.3, -0.25) is 14.6 Å². The summed E-state index contributed by atoms with van der Waals surface area (Å²) in [7, 11) is 0. The summed E-state index contributed by atoms with van der Waals surface area (Å²) in [5.74, 6) is -0.678. The van der Waals surface area contributed by atoms with Crippen LogP contribution in [-0.2, 0) is 19.5 Å². The van der Waals surface area contributed by atoms with Crippen molar-refractivity contribution in [3.05, 3.63) is 0 Å². The fourth-order valence-electron chi connectivity index (χ4n) is 2.55. The summed E-state index contributed by atoms with van der Waals surface area (Å²) in [5.41, 5.74) is 0. The Morgan fingerprint density at radius 3 is 2.34 bits per heavy atom. The van der Waals surface area contributed by atoms with E-state index in [1.54, 1.807) is 0 Å². The number of carbonyl (C=O) groups excluding carboxylic acids is 2. The lowest BCUT2D eigenvalue weighted by atomic mass is 10.0. The Morgan fingerprint density at radius 1 is 1.03 bits per heavy atom. The molecule has 0 aromatic heterocycles. The standard InChI is InChI=1S/C18H36N2O9/c1-3-4-5-8-14(22)20-10-12(2)7-6-9-19-18(26)17(25)16(24)15(23)13(21)11-28-29-27/h12-13,15-17,21,23-25,27H,3-11H2,1-2H3,(H,19,26)(H,20,22)/p-1/t12-,13-,15-,16+,17-/m1/s1. The first-order valence-electron chi connectivity index (χ1n) is 9.92. The van der Waals surface area contributed by atoms with Gasteiger partial charge in [0.05, 0.1) is 0 Å².